The van der Waals surface area contributed by atoms with Crippen molar-refractivity contribution in [3.05, 3.63) is 11.8 Å². The van der Waals surface area contributed by atoms with Crippen LogP contribution in [0.3, 0.4) is 0 Å². The van der Waals surface area contributed by atoms with Gasteiger partial charge in [0.25, 0.3) is 0 Å². The fourth-order valence-electron chi connectivity index (χ4n) is 1.73. The Kier molecular flexibility index (Phi) is 3.68. The first-order valence-corrected chi connectivity index (χ1v) is 4.93. The van der Waals surface area contributed by atoms with Crippen LogP contribution in [-0.4, -0.2) is 17.7 Å². The third-order valence-corrected chi connectivity index (χ3v) is 2.52. The number of Topliss-reactive ketones (excluding diaryl/α,β-unsaturated/α-hetero) is 1. The van der Waals surface area contributed by atoms with Gasteiger partial charge in [-0.2, -0.15) is 0 Å². The maximum absolute atomic E-state index is 11.1. The normalized spacial score (nSPS) is 18.2. The first-order chi connectivity index (χ1) is 6.65. The van der Waals surface area contributed by atoms with Crippen molar-refractivity contribution >= 4 is 11.6 Å². The largest absolute Gasteiger partial charge is 0.404 e. The molecule has 0 unspecified atom stereocenters. The summed E-state index contributed by atoms with van der Waals surface area (Å²) in [7, 11) is 0. The molecule has 0 radical (unpaired) electrons. The Morgan fingerprint density at radius 3 is 2.50 bits per heavy atom. The first kappa shape index (κ1) is 10.8. The number of hydrogen-bond donors (Lipinski definition) is 3. The number of carbonyl (C=O) groups excluding carboxylic acids is 1. The van der Waals surface area contributed by atoms with Crippen LogP contribution in [0.4, 0.5) is 0 Å². The average molecular weight is 195 g/mol. The second-order valence-corrected chi connectivity index (χ2v) is 3.64. The molecule has 1 rings (SSSR count). The predicted molar refractivity (Wildman–Crippen MR) is 56.1 cm³/mol. The van der Waals surface area contributed by atoms with Gasteiger partial charge in [0, 0.05) is 12.2 Å². The summed E-state index contributed by atoms with van der Waals surface area (Å²) in [5, 5.41) is 10.7. The van der Waals surface area contributed by atoms with E-state index in [1.807, 2.05) is 0 Å². The maximum atomic E-state index is 11.1. The molecule has 0 atom stereocenters. The zero-order valence-corrected chi connectivity index (χ0v) is 8.47. The molecule has 1 saturated carbocycles. The fraction of sp³-hybridized carbons (Fsp3) is 0.600. The summed E-state index contributed by atoms with van der Waals surface area (Å²) >= 11 is 0. The van der Waals surface area contributed by atoms with Crippen LogP contribution >= 0.6 is 0 Å². The minimum atomic E-state index is -0.164. The number of amidine groups is 1. The molecule has 14 heavy (non-hydrogen) atoms. The van der Waals surface area contributed by atoms with Gasteiger partial charge in [0.05, 0.1) is 5.57 Å². The zero-order chi connectivity index (χ0) is 10.6. The summed E-state index contributed by atoms with van der Waals surface area (Å²) in [4.78, 5) is 11.1. The molecule has 4 nitrogen and oxygen atoms in total. The van der Waals surface area contributed by atoms with E-state index in [9.17, 15) is 4.79 Å². The van der Waals surface area contributed by atoms with Gasteiger partial charge in [-0.25, -0.2) is 0 Å². The van der Waals surface area contributed by atoms with Crippen LogP contribution in [0.15, 0.2) is 11.8 Å². The highest BCUT2D eigenvalue weighted by Gasteiger charge is 2.18. The monoisotopic (exact) mass is 195 g/mol. The highest BCUT2D eigenvalue weighted by Crippen LogP contribution is 2.17. The predicted octanol–water partition coefficient (Wildman–Crippen LogP) is 0.927. The molecule has 78 valence electrons. The molecule has 0 saturated heterocycles. The Hall–Kier alpha value is -1.32. The SMILES string of the molecule is CC(=O)/C(=C/N)C(=N)NC1CCCC1. The van der Waals surface area contributed by atoms with Gasteiger partial charge in [0.1, 0.15) is 5.84 Å². The quantitative estimate of drug-likeness (QED) is 0.356. The molecule has 1 aliphatic rings. The lowest BCUT2D eigenvalue weighted by atomic mass is 10.1. The van der Waals surface area contributed by atoms with E-state index in [1.165, 1.54) is 26.0 Å². The molecule has 1 aliphatic carbocycles. The van der Waals surface area contributed by atoms with E-state index in [1.54, 1.807) is 0 Å². The lowest BCUT2D eigenvalue weighted by Gasteiger charge is -2.14. The molecule has 1 fully saturated rings. The van der Waals surface area contributed by atoms with Gasteiger partial charge in [-0.1, -0.05) is 12.8 Å². The van der Waals surface area contributed by atoms with Crippen molar-refractivity contribution in [2.24, 2.45) is 5.73 Å². The van der Waals surface area contributed by atoms with E-state index in [0.29, 0.717) is 6.04 Å². The molecule has 4 heteroatoms. The van der Waals surface area contributed by atoms with Crippen molar-refractivity contribution in [3.63, 3.8) is 0 Å². The van der Waals surface area contributed by atoms with Crippen LogP contribution < -0.4 is 11.1 Å². The van der Waals surface area contributed by atoms with E-state index < -0.39 is 0 Å². The summed E-state index contributed by atoms with van der Waals surface area (Å²) in [5.41, 5.74) is 5.56. The number of nitrogens with one attached hydrogen (secondary N) is 2. The van der Waals surface area contributed by atoms with E-state index >= 15 is 0 Å². The smallest absolute Gasteiger partial charge is 0.164 e. The van der Waals surface area contributed by atoms with Crippen molar-refractivity contribution in [1.29, 1.82) is 5.41 Å². The van der Waals surface area contributed by atoms with Gasteiger partial charge in [-0.15, -0.1) is 0 Å². The number of hydrogen-bond acceptors (Lipinski definition) is 3. The molecule has 0 aliphatic heterocycles. The topological polar surface area (TPSA) is 79.0 Å². The number of nitrogens with two attached hydrogens (primary N) is 1. The van der Waals surface area contributed by atoms with E-state index in [2.05, 4.69) is 5.32 Å². The second-order valence-electron chi connectivity index (χ2n) is 3.64. The van der Waals surface area contributed by atoms with Crippen molar-refractivity contribution in [2.75, 3.05) is 0 Å². The summed E-state index contributed by atoms with van der Waals surface area (Å²) in [6.07, 6.45) is 5.77. The van der Waals surface area contributed by atoms with Gasteiger partial charge in [-0.05, 0) is 19.8 Å². The Labute approximate surface area is 84.1 Å². The van der Waals surface area contributed by atoms with Crippen molar-refractivity contribution in [3.8, 4) is 0 Å². The van der Waals surface area contributed by atoms with E-state index in [0.717, 1.165) is 12.8 Å². The Bertz CT molecular complexity index is 265. The second kappa shape index (κ2) is 4.79. The molecular formula is C10H17N3O. The van der Waals surface area contributed by atoms with Gasteiger partial charge in [0.15, 0.2) is 5.78 Å². The van der Waals surface area contributed by atoms with Crippen LogP contribution in [0.2, 0.25) is 0 Å². The fourth-order valence-corrected chi connectivity index (χ4v) is 1.73. The number of rotatable bonds is 3. The Morgan fingerprint density at radius 1 is 1.50 bits per heavy atom. The maximum Gasteiger partial charge on any atom is 0.164 e. The number of carbonyl (C=O) groups is 1. The molecule has 0 aromatic rings. The van der Waals surface area contributed by atoms with Gasteiger partial charge >= 0.3 is 0 Å². The van der Waals surface area contributed by atoms with Crippen molar-refractivity contribution < 1.29 is 4.79 Å². The molecular weight excluding hydrogens is 178 g/mol. The van der Waals surface area contributed by atoms with Crippen molar-refractivity contribution in [2.45, 2.75) is 38.6 Å². The third kappa shape index (κ3) is 2.58. The minimum Gasteiger partial charge on any atom is -0.404 e. The van der Waals surface area contributed by atoms with Crippen LogP contribution in [0.1, 0.15) is 32.6 Å². The van der Waals surface area contributed by atoms with Crippen molar-refractivity contribution in [1.82, 2.24) is 5.32 Å². The standard InChI is InChI=1S/C10H17N3O/c1-7(14)9(6-11)10(12)13-8-4-2-3-5-8/h6,8H,2-5,11H2,1H3,(H2,12,13)/b9-6-. The molecule has 4 N–H and O–H groups in total. The highest BCUT2D eigenvalue weighted by atomic mass is 16.1. The number of ketones is 1. The summed E-state index contributed by atoms with van der Waals surface area (Å²) in [6.45, 7) is 1.42. The van der Waals surface area contributed by atoms with E-state index in [-0.39, 0.29) is 17.2 Å². The summed E-state index contributed by atoms with van der Waals surface area (Å²) in [5.74, 6) is -0.00473. The van der Waals surface area contributed by atoms with Crippen LogP contribution in [-0.2, 0) is 4.79 Å². The van der Waals surface area contributed by atoms with Crippen LogP contribution in [0, 0.1) is 5.41 Å². The van der Waals surface area contributed by atoms with Crippen LogP contribution in [0.5, 0.6) is 0 Å². The lowest BCUT2D eigenvalue weighted by Crippen LogP contribution is -2.35. The first-order valence-electron chi connectivity index (χ1n) is 4.93. The summed E-state index contributed by atoms with van der Waals surface area (Å²) in [6, 6.07) is 0.344. The lowest BCUT2D eigenvalue weighted by molar-refractivity contribution is -0.113. The van der Waals surface area contributed by atoms with Gasteiger partial charge < -0.3 is 11.1 Å². The molecule has 0 aromatic heterocycles. The molecule has 0 aromatic carbocycles. The zero-order valence-electron chi connectivity index (χ0n) is 8.47. The Morgan fingerprint density at radius 2 is 2.07 bits per heavy atom. The minimum absolute atomic E-state index is 0.159. The Balaban J connectivity index is 2.51. The van der Waals surface area contributed by atoms with Gasteiger partial charge in [0.2, 0.25) is 0 Å². The summed E-state index contributed by atoms with van der Waals surface area (Å²) < 4.78 is 0. The third-order valence-electron chi connectivity index (χ3n) is 2.52. The van der Waals surface area contributed by atoms with E-state index in [4.69, 9.17) is 11.1 Å². The van der Waals surface area contributed by atoms with Crippen LogP contribution in [0.25, 0.3) is 0 Å². The average Bonchev–Trinajstić information content (AvgIpc) is 2.57. The molecule has 0 heterocycles. The molecule has 0 amide bonds. The van der Waals surface area contributed by atoms with Gasteiger partial charge in [-0.3, -0.25) is 10.2 Å². The molecule has 0 bridgehead atoms. The highest BCUT2D eigenvalue weighted by molar-refractivity contribution is 6.19. The molecule has 0 spiro atoms.